The standard InChI is InChI=1S/C16H17N5O3/c1-4-24-16(22)12-8-21-14(10(12)2)15(18-9-19-21)20-11-5-6-13(23-3)17-7-11/h5-9H,4H2,1-3H3,(H,18,19,20). The Balaban J connectivity index is 2.00. The number of fused-ring (bicyclic) bond motifs is 1. The zero-order chi connectivity index (χ0) is 17.1. The molecule has 0 aliphatic carbocycles. The topological polar surface area (TPSA) is 90.6 Å². The second kappa shape index (κ2) is 6.53. The lowest BCUT2D eigenvalue weighted by atomic mass is 10.2. The number of esters is 1. The Morgan fingerprint density at radius 1 is 1.33 bits per heavy atom. The van der Waals surface area contributed by atoms with Crippen LogP contribution < -0.4 is 10.1 Å². The average Bonchev–Trinajstić information content (AvgIpc) is 2.94. The molecule has 3 rings (SSSR count). The predicted molar refractivity (Wildman–Crippen MR) is 87.8 cm³/mol. The van der Waals surface area contributed by atoms with Crippen molar-refractivity contribution in [3.8, 4) is 5.88 Å². The van der Waals surface area contributed by atoms with Gasteiger partial charge in [-0.3, -0.25) is 0 Å². The molecule has 0 spiro atoms. The molecule has 0 amide bonds. The van der Waals surface area contributed by atoms with E-state index < -0.39 is 0 Å². The molecule has 8 nitrogen and oxygen atoms in total. The average molecular weight is 327 g/mol. The summed E-state index contributed by atoms with van der Waals surface area (Å²) in [5.41, 5.74) is 2.66. The molecule has 0 fully saturated rings. The van der Waals surface area contributed by atoms with Crippen molar-refractivity contribution in [2.24, 2.45) is 0 Å². The van der Waals surface area contributed by atoms with Crippen LogP contribution in [0.1, 0.15) is 22.8 Å². The highest BCUT2D eigenvalue weighted by Crippen LogP contribution is 2.25. The normalized spacial score (nSPS) is 10.6. The summed E-state index contributed by atoms with van der Waals surface area (Å²) in [5.74, 6) is 0.722. The molecule has 124 valence electrons. The van der Waals surface area contributed by atoms with E-state index in [-0.39, 0.29) is 5.97 Å². The number of methoxy groups -OCH3 is 1. The minimum Gasteiger partial charge on any atom is -0.481 e. The number of ether oxygens (including phenoxy) is 2. The van der Waals surface area contributed by atoms with Crippen LogP contribution in [-0.4, -0.2) is 39.3 Å². The SMILES string of the molecule is CCOC(=O)c1cn2ncnc(Nc3ccc(OC)nc3)c2c1C. The first-order chi connectivity index (χ1) is 11.6. The first kappa shape index (κ1) is 15.7. The minimum atomic E-state index is -0.377. The van der Waals surface area contributed by atoms with Crippen LogP contribution in [0.5, 0.6) is 5.88 Å². The molecule has 0 aromatic carbocycles. The smallest absolute Gasteiger partial charge is 0.340 e. The molecule has 3 aromatic rings. The van der Waals surface area contributed by atoms with Gasteiger partial charge in [-0.05, 0) is 25.5 Å². The van der Waals surface area contributed by atoms with Crippen LogP contribution in [-0.2, 0) is 4.74 Å². The number of aryl methyl sites for hydroxylation is 1. The van der Waals surface area contributed by atoms with E-state index in [0.717, 1.165) is 11.3 Å². The fourth-order valence-corrected chi connectivity index (χ4v) is 2.38. The lowest BCUT2D eigenvalue weighted by Crippen LogP contribution is -2.04. The summed E-state index contributed by atoms with van der Waals surface area (Å²) in [6.45, 7) is 3.92. The summed E-state index contributed by atoms with van der Waals surface area (Å²) in [6, 6.07) is 3.57. The van der Waals surface area contributed by atoms with Crippen molar-refractivity contribution in [2.45, 2.75) is 13.8 Å². The second-order valence-electron chi connectivity index (χ2n) is 5.00. The molecule has 3 aromatic heterocycles. The van der Waals surface area contributed by atoms with Gasteiger partial charge in [0.15, 0.2) is 5.82 Å². The number of anilines is 2. The number of hydrogen-bond acceptors (Lipinski definition) is 7. The van der Waals surface area contributed by atoms with Crippen molar-refractivity contribution in [2.75, 3.05) is 19.0 Å². The molecule has 1 N–H and O–H groups in total. The maximum atomic E-state index is 12.0. The van der Waals surface area contributed by atoms with Gasteiger partial charge in [0.05, 0.1) is 31.2 Å². The maximum Gasteiger partial charge on any atom is 0.340 e. The van der Waals surface area contributed by atoms with Gasteiger partial charge in [-0.2, -0.15) is 5.10 Å². The molecular weight excluding hydrogens is 310 g/mol. The quantitative estimate of drug-likeness (QED) is 0.719. The largest absolute Gasteiger partial charge is 0.481 e. The Morgan fingerprint density at radius 3 is 2.83 bits per heavy atom. The van der Waals surface area contributed by atoms with Gasteiger partial charge in [0, 0.05) is 12.3 Å². The highest BCUT2D eigenvalue weighted by molar-refractivity contribution is 5.95. The zero-order valence-corrected chi connectivity index (χ0v) is 13.6. The number of rotatable bonds is 5. The van der Waals surface area contributed by atoms with Crippen molar-refractivity contribution in [1.29, 1.82) is 0 Å². The molecule has 0 saturated heterocycles. The highest BCUT2D eigenvalue weighted by Gasteiger charge is 2.18. The van der Waals surface area contributed by atoms with Crippen molar-refractivity contribution in [1.82, 2.24) is 19.6 Å². The number of nitrogens with zero attached hydrogens (tertiary/aromatic N) is 4. The number of aromatic nitrogens is 4. The molecule has 0 bridgehead atoms. The Morgan fingerprint density at radius 2 is 2.17 bits per heavy atom. The van der Waals surface area contributed by atoms with Gasteiger partial charge in [-0.25, -0.2) is 19.3 Å². The number of hydrogen-bond donors (Lipinski definition) is 1. The third-order valence-electron chi connectivity index (χ3n) is 3.53. The fraction of sp³-hybridized carbons (Fsp3) is 0.250. The fourth-order valence-electron chi connectivity index (χ4n) is 2.38. The minimum absolute atomic E-state index is 0.318. The molecule has 0 radical (unpaired) electrons. The summed E-state index contributed by atoms with van der Waals surface area (Å²) in [6.07, 6.45) is 4.70. The lowest BCUT2D eigenvalue weighted by Gasteiger charge is -2.08. The monoisotopic (exact) mass is 327 g/mol. The summed E-state index contributed by atoms with van der Waals surface area (Å²) in [7, 11) is 1.56. The summed E-state index contributed by atoms with van der Waals surface area (Å²) in [4.78, 5) is 20.5. The van der Waals surface area contributed by atoms with Crippen LogP contribution in [0.15, 0.2) is 30.9 Å². The maximum absolute atomic E-state index is 12.0. The third kappa shape index (κ3) is 2.85. The summed E-state index contributed by atoms with van der Waals surface area (Å²) in [5, 5.41) is 7.34. The Labute approximate surface area is 138 Å². The first-order valence-electron chi connectivity index (χ1n) is 7.41. The lowest BCUT2D eigenvalue weighted by molar-refractivity contribution is 0.0525. The van der Waals surface area contributed by atoms with Crippen LogP contribution >= 0.6 is 0 Å². The Hall–Kier alpha value is -3.16. The van der Waals surface area contributed by atoms with Crippen molar-refractivity contribution < 1.29 is 14.3 Å². The summed E-state index contributed by atoms with van der Waals surface area (Å²) < 4.78 is 11.7. The molecular formula is C16H17N5O3. The molecule has 0 atom stereocenters. The molecule has 3 heterocycles. The zero-order valence-electron chi connectivity index (χ0n) is 13.6. The van der Waals surface area contributed by atoms with Gasteiger partial charge < -0.3 is 14.8 Å². The number of pyridine rings is 1. The molecule has 0 unspecified atom stereocenters. The van der Waals surface area contributed by atoms with Gasteiger partial charge in [0.1, 0.15) is 11.8 Å². The van der Waals surface area contributed by atoms with Crippen LogP contribution in [0.25, 0.3) is 5.52 Å². The number of carbonyl (C=O) groups excluding carboxylic acids is 1. The molecule has 0 aliphatic heterocycles. The second-order valence-corrected chi connectivity index (χ2v) is 5.00. The van der Waals surface area contributed by atoms with E-state index in [0.29, 0.717) is 29.4 Å². The highest BCUT2D eigenvalue weighted by atomic mass is 16.5. The van der Waals surface area contributed by atoms with E-state index in [1.54, 1.807) is 37.0 Å². The number of carbonyl (C=O) groups is 1. The van der Waals surface area contributed by atoms with E-state index in [2.05, 4.69) is 20.4 Å². The Bertz CT molecular complexity index is 873. The predicted octanol–water partition coefficient (Wildman–Crippen LogP) is 2.36. The van der Waals surface area contributed by atoms with E-state index in [1.165, 1.54) is 6.33 Å². The first-order valence-corrected chi connectivity index (χ1v) is 7.41. The van der Waals surface area contributed by atoms with Gasteiger partial charge in [0.2, 0.25) is 5.88 Å². The van der Waals surface area contributed by atoms with Gasteiger partial charge >= 0.3 is 5.97 Å². The van der Waals surface area contributed by atoms with E-state index in [4.69, 9.17) is 9.47 Å². The number of nitrogens with one attached hydrogen (secondary N) is 1. The third-order valence-corrected chi connectivity index (χ3v) is 3.53. The van der Waals surface area contributed by atoms with Crippen molar-refractivity contribution >= 4 is 23.0 Å². The summed E-state index contributed by atoms with van der Waals surface area (Å²) >= 11 is 0. The molecule has 0 saturated carbocycles. The molecule has 8 heteroatoms. The van der Waals surface area contributed by atoms with E-state index in [1.807, 2.05) is 13.0 Å². The van der Waals surface area contributed by atoms with Gasteiger partial charge in [-0.1, -0.05) is 0 Å². The molecule has 24 heavy (non-hydrogen) atoms. The van der Waals surface area contributed by atoms with Gasteiger partial charge in [-0.15, -0.1) is 0 Å². The molecule has 0 aliphatic rings. The van der Waals surface area contributed by atoms with Crippen LogP contribution in [0, 0.1) is 6.92 Å². The van der Waals surface area contributed by atoms with E-state index in [9.17, 15) is 4.79 Å². The van der Waals surface area contributed by atoms with Crippen molar-refractivity contribution in [3.05, 3.63) is 42.0 Å². The Kier molecular flexibility index (Phi) is 4.28. The van der Waals surface area contributed by atoms with Crippen LogP contribution in [0.4, 0.5) is 11.5 Å². The van der Waals surface area contributed by atoms with Gasteiger partial charge in [0.25, 0.3) is 0 Å². The van der Waals surface area contributed by atoms with Crippen molar-refractivity contribution in [3.63, 3.8) is 0 Å². The van der Waals surface area contributed by atoms with Crippen LogP contribution in [0.3, 0.4) is 0 Å². The van der Waals surface area contributed by atoms with Crippen LogP contribution in [0.2, 0.25) is 0 Å². The van der Waals surface area contributed by atoms with E-state index >= 15 is 0 Å².